The maximum Gasteiger partial charge on any atom is 0.263 e. The van der Waals surface area contributed by atoms with Crippen LogP contribution in [0.2, 0.25) is 0 Å². The van der Waals surface area contributed by atoms with Crippen molar-refractivity contribution in [2.75, 3.05) is 19.0 Å². The molecule has 0 saturated carbocycles. The van der Waals surface area contributed by atoms with Gasteiger partial charge in [0.1, 0.15) is 5.82 Å². The van der Waals surface area contributed by atoms with Crippen LogP contribution >= 0.6 is 0 Å². The number of benzene rings is 1. The van der Waals surface area contributed by atoms with Gasteiger partial charge in [-0.2, -0.15) is 5.10 Å². The summed E-state index contributed by atoms with van der Waals surface area (Å²) >= 11 is 0. The largest absolute Gasteiger partial charge is 0.493 e. The first-order valence-corrected chi connectivity index (χ1v) is 6.71. The molecule has 6 nitrogen and oxygen atoms in total. The lowest BCUT2D eigenvalue weighted by molar-refractivity contribution is -0.118. The van der Waals surface area contributed by atoms with Gasteiger partial charge >= 0.3 is 0 Å². The van der Waals surface area contributed by atoms with E-state index >= 15 is 0 Å². The third kappa shape index (κ3) is 3.75. The number of nitrogens with one attached hydrogen (secondary N) is 1. The van der Waals surface area contributed by atoms with Gasteiger partial charge in [0.05, 0.1) is 13.3 Å². The van der Waals surface area contributed by atoms with Gasteiger partial charge in [0.15, 0.2) is 18.1 Å². The Bertz CT molecular complexity index is 608. The van der Waals surface area contributed by atoms with Crippen LogP contribution < -0.4 is 14.8 Å². The van der Waals surface area contributed by atoms with E-state index in [0.29, 0.717) is 17.3 Å². The Labute approximate surface area is 123 Å². The van der Waals surface area contributed by atoms with Crippen molar-refractivity contribution in [1.82, 2.24) is 9.78 Å². The van der Waals surface area contributed by atoms with Crippen LogP contribution in [0, 0.1) is 0 Å². The van der Waals surface area contributed by atoms with Crippen LogP contribution in [0.4, 0.5) is 5.82 Å². The summed E-state index contributed by atoms with van der Waals surface area (Å²) in [5.41, 5.74) is 0. The molecule has 0 spiro atoms. The van der Waals surface area contributed by atoms with Crippen LogP contribution in [0.1, 0.15) is 19.9 Å². The van der Waals surface area contributed by atoms with E-state index in [2.05, 4.69) is 10.4 Å². The molecule has 0 aliphatic rings. The predicted octanol–water partition coefficient (Wildman–Crippen LogP) is 2.49. The Morgan fingerprint density at radius 2 is 2.00 bits per heavy atom. The third-order valence-electron chi connectivity index (χ3n) is 2.85. The first-order valence-electron chi connectivity index (χ1n) is 6.71. The number of ether oxygens (including phenoxy) is 2. The summed E-state index contributed by atoms with van der Waals surface area (Å²) in [4.78, 5) is 11.9. The molecular formula is C15H19N3O3. The SMILES string of the molecule is COc1ccccc1OCC(=O)Nc1ccnn1C(C)C. The number of hydrogen-bond donors (Lipinski definition) is 1. The average Bonchev–Trinajstić information content (AvgIpc) is 2.93. The summed E-state index contributed by atoms with van der Waals surface area (Å²) in [6, 6.07) is 9.12. The second-order valence-electron chi connectivity index (χ2n) is 4.74. The number of nitrogens with zero attached hydrogens (tertiary/aromatic N) is 2. The van der Waals surface area contributed by atoms with Crippen molar-refractivity contribution in [1.29, 1.82) is 0 Å². The molecule has 21 heavy (non-hydrogen) atoms. The Morgan fingerprint density at radius 1 is 1.29 bits per heavy atom. The number of amides is 1. The molecule has 2 rings (SSSR count). The molecule has 6 heteroatoms. The minimum absolute atomic E-state index is 0.0936. The van der Waals surface area contributed by atoms with Crippen LogP contribution in [0.15, 0.2) is 36.5 Å². The molecule has 0 atom stereocenters. The minimum Gasteiger partial charge on any atom is -0.493 e. The fourth-order valence-electron chi connectivity index (χ4n) is 1.89. The normalized spacial score (nSPS) is 10.5. The van der Waals surface area contributed by atoms with Gasteiger partial charge in [-0.05, 0) is 26.0 Å². The molecule has 1 aromatic carbocycles. The summed E-state index contributed by atoms with van der Waals surface area (Å²) in [5.74, 6) is 1.53. The Hall–Kier alpha value is -2.50. The van der Waals surface area contributed by atoms with Crippen molar-refractivity contribution in [2.45, 2.75) is 19.9 Å². The zero-order chi connectivity index (χ0) is 15.2. The van der Waals surface area contributed by atoms with Gasteiger partial charge in [-0.25, -0.2) is 4.68 Å². The number of anilines is 1. The lowest BCUT2D eigenvalue weighted by atomic mass is 10.3. The maximum atomic E-state index is 11.9. The van der Waals surface area contributed by atoms with E-state index in [9.17, 15) is 4.79 Å². The van der Waals surface area contributed by atoms with E-state index in [1.54, 1.807) is 36.2 Å². The van der Waals surface area contributed by atoms with E-state index in [4.69, 9.17) is 9.47 Å². The van der Waals surface area contributed by atoms with Crippen molar-refractivity contribution in [3.63, 3.8) is 0 Å². The molecule has 2 aromatic rings. The second-order valence-corrected chi connectivity index (χ2v) is 4.74. The molecular weight excluding hydrogens is 270 g/mol. The van der Waals surface area contributed by atoms with Gasteiger partial charge in [0, 0.05) is 12.1 Å². The molecule has 0 aliphatic carbocycles. The van der Waals surface area contributed by atoms with E-state index < -0.39 is 0 Å². The van der Waals surface area contributed by atoms with Gasteiger partial charge < -0.3 is 14.8 Å². The summed E-state index contributed by atoms with van der Waals surface area (Å²) in [6.07, 6.45) is 1.65. The Morgan fingerprint density at radius 3 is 2.67 bits per heavy atom. The molecule has 0 bridgehead atoms. The molecule has 0 saturated heterocycles. The maximum absolute atomic E-state index is 11.9. The van der Waals surface area contributed by atoms with E-state index in [0.717, 1.165) is 0 Å². The standard InChI is InChI=1S/C15H19N3O3/c1-11(2)18-14(8-9-16-18)17-15(19)10-21-13-7-5-4-6-12(13)20-3/h4-9,11H,10H2,1-3H3,(H,17,19). The lowest BCUT2D eigenvalue weighted by Gasteiger charge is -2.13. The monoisotopic (exact) mass is 289 g/mol. The zero-order valence-corrected chi connectivity index (χ0v) is 12.4. The molecule has 0 radical (unpaired) electrons. The van der Waals surface area contributed by atoms with Gasteiger partial charge in [0.2, 0.25) is 0 Å². The highest BCUT2D eigenvalue weighted by Gasteiger charge is 2.11. The van der Waals surface area contributed by atoms with Gasteiger partial charge in [-0.1, -0.05) is 12.1 Å². The highest BCUT2D eigenvalue weighted by Crippen LogP contribution is 2.25. The average molecular weight is 289 g/mol. The molecule has 1 amide bonds. The van der Waals surface area contributed by atoms with Crippen molar-refractivity contribution < 1.29 is 14.3 Å². The molecule has 0 fully saturated rings. The van der Waals surface area contributed by atoms with Gasteiger partial charge in [0.25, 0.3) is 5.91 Å². The first kappa shape index (κ1) is 14.9. The number of hydrogen-bond acceptors (Lipinski definition) is 4. The Balaban J connectivity index is 1.95. The Kier molecular flexibility index (Phi) is 4.81. The molecule has 112 valence electrons. The number of rotatable bonds is 6. The first-order chi connectivity index (χ1) is 10.1. The fourth-order valence-corrected chi connectivity index (χ4v) is 1.89. The van der Waals surface area contributed by atoms with E-state index in [1.165, 1.54) is 0 Å². The van der Waals surface area contributed by atoms with Crippen LogP contribution in [0.25, 0.3) is 0 Å². The van der Waals surface area contributed by atoms with Crippen LogP contribution in [0.5, 0.6) is 11.5 Å². The summed E-state index contributed by atoms with van der Waals surface area (Å²) in [7, 11) is 1.56. The molecule has 0 unspecified atom stereocenters. The van der Waals surface area contributed by atoms with Crippen molar-refractivity contribution in [3.8, 4) is 11.5 Å². The van der Waals surface area contributed by atoms with Crippen molar-refractivity contribution in [2.24, 2.45) is 0 Å². The predicted molar refractivity (Wildman–Crippen MR) is 79.7 cm³/mol. The summed E-state index contributed by atoms with van der Waals surface area (Å²) < 4.78 is 12.4. The number of methoxy groups -OCH3 is 1. The van der Waals surface area contributed by atoms with E-state index in [1.807, 2.05) is 26.0 Å². The summed E-state index contributed by atoms with van der Waals surface area (Å²) in [6.45, 7) is 3.89. The molecule has 1 heterocycles. The summed E-state index contributed by atoms with van der Waals surface area (Å²) in [5, 5.41) is 6.93. The number of carbonyl (C=O) groups is 1. The molecule has 1 N–H and O–H groups in total. The van der Waals surface area contributed by atoms with Crippen LogP contribution in [0.3, 0.4) is 0 Å². The van der Waals surface area contributed by atoms with Gasteiger partial charge in [-0.15, -0.1) is 0 Å². The highest BCUT2D eigenvalue weighted by atomic mass is 16.5. The number of carbonyl (C=O) groups excluding carboxylic acids is 1. The number of aromatic nitrogens is 2. The second kappa shape index (κ2) is 6.78. The number of para-hydroxylation sites is 2. The topological polar surface area (TPSA) is 65.4 Å². The lowest BCUT2D eigenvalue weighted by Crippen LogP contribution is -2.22. The molecule has 1 aromatic heterocycles. The minimum atomic E-state index is -0.247. The smallest absolute Gasteiger partial charge is 0.263 e. The zero-order valence-electron chi connectivity index (χ0n) is 12.4. The highest BCUT2D eigenvalue weighted by molar-refractivity contribution is 5.91. The van der Waals surface area contributed by atoms with Gasteiger partial charge in [-0.3, -0.25) is 4.79 Å². The van der Waals surface area contributed by atoms with Crippen LogP contribution in [-0.2, 0) is 4.79 Å². The van der Waals surface area contributed by atoms with Crippen molar-refractivity contribution >= 4 is 11.7 Å². The quantitative estimate of drug-likeness (QED) is 0.887. The fraction of sp³-hybridized carbons (Fsp3) is 0.333. The van der Waals surface area contributed by atoms with Crippen LogP contribution in [-0.4, -0.2) is 29.4 Å². The van der Waals surface area contributed by atoms with E-state index in [-0.39, 0.29) is 18.6 Å². The third-order valence-corrected chi connectivity index (χ3v) is 2.85. The van der Waals surface area contributed by atoms with Crippen molar-refractivity contribution in [3.05, 3.63) is 36.5 Å². The molecule has 0 aliphatic heterocycles.